The third-order valence-corrected chi connectivity index (χ3v) is 5.76. The summed E-state index contributed by atoms with van der Waals surface area (Å²) in [5.41, 5.74) is 4.20. The molecule has 0 atom stereocenters. The summed E-state index contributed by atoms with van der Waals surface area (Å²) < 4.78 is 3.80. The van der Waals surface area contributed by atoms with Gasteiger partial charge in [-0.2, -0.15) is 0 Å². The first kappa shape index (κ1) is 17.2. The van der Waals surface area contributed by atoms with Gasteiger partial charge in [0.05, 0.1) is 29.5 Å². The average Bonchev–Trinajstić information content (AvgIpc) is 3.52. The minimum atomic E-state index is 0.0573. The molecule has 4 aromatic rings. The van der Waals surface area contributed by atoms with Crippen LogP contribution in [0.25, 0.3) is 21.8 Å². The number of aryl methyl sites for hydroxylation is 1. The summed E-state index contributed by atoms with van der Waals surface area (Å²) in [4.78, 5) is 22.3. The van der Waals surface area contributed by atoms with Gasteiger partial charge in [-0.3, -0.25) is 19.1 Å². The van der Waals surface area contributed by atoms with Crippen LogP contribution in [0.5, 0.6) is 0 Å². The monoisotopic (exact) mass is 372 g/mol. The number of unbranched alkanes of at least 4 members (excludes halogenated alkanes) is 1. The number of fused-ring (bicyclic) bond motifs is 2. The lowest BCUT2D eigenvalue weighted by atomic mass is 9.99. The molecular formula is C23H24N4O. The van der Waals surface area contributed by atoms with Gasteiger partial charge in [0.15, 0.2) is 0 Å². The van der Waals surface area contributed by atoms with Crippen LogP contribution in [0.3, 0.4) is 0 Å². The predicted molar refractivity (Wildman–Crippen MR) is 112 cm³/mol. The molecule has 142 valence electrons. The third-order valence-electron chi connectivity index (χ3n) is 5.76. The zero-order chi connectivity index (χ0) is 19.1. The van der Waals surface area contributed by atoms with Crippen LogP contribution < -0.4 is 5.69 Å². The van der Waals surface area contributed by atoms with Crippen molar-refractivity contribution in [1.29, 1.82) is 0 Å². The molecule has 0 bridgehead atoms. The number of imidazole rings is 1. The summed E-state index contributed by atoms with van der Waals surface area (Å²) in [5.74, 6) is 0. The molecular weight excluding hydrogens is 348 g/mol. The maximum atomic E-state index is 13.2. The second-order valence-electron chi connectivity index (χ2n) is 7.71. The van der Waals surface area contributed by atoms with Gasteiger partial charge in [-0.25, -0.2) is 4.79 Å². The zero-order valence-corrected chi connectivity index (χ0v) is 16.1. The molecule has 3 heterocycles. The smallest absolute Gasteiger partial charge is 0.289 e. The third kappa shape index (κ3) is 2.82. The highest BCUT2D eigenvalue weighted by Crippen LogP contribution is 2.36. The number of hydrogen-bond donors (Lipinski definition) is 0. The Morgan fingerprint density at radius 1 is 1.11 bits per heavy atom. The molecule has 5 heteroatoms. The van der Waals surface area contributed by atoms with Gasteiger partial charge < -0.3 is 0 Å². The fourth-order valence-corrected chi connectivity index (χ4v) is 4.15. The summed E-state index contributed by atoms with van der Waals surface area (Å²) in [6, 6.07) is 10.7. The molecule has 1 saturated carbocycles. The Kier molecular flexibility index (Phi) is 4.23. The Balaban J connectivity index is 1.67. The summed E-state index contributed by atoms with van der Waals surface area (Å²) >= 11 is 0. The SMILES string of the molecule is CCCCc1c(Cn2c(=O)n(C3CC3)c3ccncc32)ncc2ccccc12. The normalized spacial score (nSPS) is 14.2. The fourth-order valence-electron chi connectivity index (χ4n) is 4.15. The maximum absolute atomic E-state index is 13.2. The average molecular weight is 372 g/mol. The van der Waals surface area contributed by atoms with E-state index in [0.29, 0.717) is 12.6 Å². The van der Waals surface area contributed by atoms with Crippen molar-refractivity contribution < 1.29 is 0 Å². The van der Waals surface area contributed by atoms with Gasteiger partial charge in [-0.1, -0.05) is 37.6 Å². The topological polar surface area (TPSA) is 52.7 Å². The van der Waals surface area contributed by atoms with Crippen LogP contribution in [0.4, 0.5) is 0 Å². The summed E-state index contributed by atoms with van der Waals surface area (Å²) in [6.07, 6.45) is 10.9. The van der Waals surface area contributed by atoms with E-state index in [4.69, 9.17) is 4.98 Å². The van der Waals surface area contributed by atoms with Crippen LogP contribution in [-0.2, 0) is 13.0 Å². The zero-order valence-electron chi connectivity index (χ0n) is 16.1. The van der Waals surface area contributed by atoms with Crippen LogP contribution in [-0.4, -0.2) is 19.1 Å². The number of nitrogens with zero attached hydrogens (tertiary/aromatic N) is 4. The van der Waals surface area contributed by atoms with Crippen molar-refractivity contribution in [3.63, 3.8) is 0 Å². The van der Waals surface area contributed by atoms with E-state index >= 15 is 0 Å². The van der Waals surface area contributed by atoms with E-state index in [2.05, 4.69) is 30.1 Å². The van der Waals surface area contributed by atoms with Crippen LogP contribution in [0.1, 0.15) is 49.9 Å². The standard InChI is InChI=1S/C23H24N4O/c1-2-3-7-19-18-8-5-4-6-16(18)13-25-20(19)15-26-22-14-24-12-11-21(22)27(23(26)28)17-9-10-17/h4-6,8,11-14,17H,2-3,7,9-10,15H2,1H3. The van der Waals surface area contributed by atoms with Gasteiger partial charge in [0.25, 0.3) is 0 Å². The second kappa shape index (κ2) is 6.89. The lowest BCUT2D eigenvalue weighted by Gasteiger charge is -2.13. The Morgan fingerprint density at radius 3 is 2.79 bits per heavy atom. The summed E-state index contributed by atoms with van der Waals surface area (Å²) in [5, 5.41) is 2.41. The molecule has 3 aromatic heterocycles. The predicted octanol–water partition coefficient (Wildman–Crippen LogP) is 4.47. The van der Waals surface area contributed by atoms with Crippen molar-refractivity contribution >= 4 is 21.8 Å². The lowest BCUT2D eigenvalue weighted by Crippen LogP contribution is -2.25. The van der Waals surface area contributed by atoms with Gasteiger partial charge in [0.1, 0.15) is 0 Å². The van der Waals surface area contributed by atoms with E-state index < -0.39 is 0 Å². The molecule has 0 aliphatic heterocycles. The first-order chi connectivity index (χ1) is 13.8. The molecule has 1 aliphatic carbocycles. The van der Waals surface area contributed by atoms with Crippen LogP contribution >= 0.6 is 0 Å². The fraction of sp³-hybridized carbons (Fsp3) is 0.348. The van der Waals surface area contributed by atoms with Crippen molar-refractivity contribution in [3.05, 3.63) is 70.7 Å². The first-order valence-corrected chi connectivity index (χ1v) is 10.2. The molecule has 5 rings (SSSR count). The molecule has 0 radical (unpaired) electrons. The van der Waals surface area contributed by atoms with Crippen molar-refractivity contribution in [1.82, 2.24) is 19.1 Å². The summed E-state index contributed by atoms with van der Waals surface area (Å²) in [6.45, 7) is 2.70. The number of hydrogen-bond acceptors (Lipinski definition) is 3. The van der Waals surface area contributed by atoms with Gasteiger partial charge >= 0.3 is 5.69 Å². The molecule has 0 N–H and O–H groups in total. The number of rotatable bonds is 6. The van der Waals surface area contributed by atoms with Gasteiger partial charge in [0, 0.05) is 23.8 Å². The van der Waals surface area contributed by atoms with Crippen LogP contribution in [0, 0.1) is 0 Å². The van der Waals surface area contributed by atoms with Gasteiger partial charge in [-0.05, 0) is 42.7 Å². The Bertz CT molecular complexity index is 1220. The van der Waals surface area contributed by atoms with Crippen molar-refractivity contribution in [3.8, 4) is 0 Å². The van der Waals surface area contributed by atoms with Crippen molar-refractivity contribution in [2.45, 2.75) is 51.6 Å². The number of pyridine rings is 2. The minimum absolute atomic E-state index is 0.0573. The maximum Gasteiger partial charge on any atom is 0.329 e. The molecule has 0 amide bonds. The Hall–Kier alpha value is -2.95. The molecule has 28 heavy (non-hydrogen) atoms. The van der Waals surface area contributed by atoms with Crippen LogP contribution in [0.15, 0.2) is 53.7 Å². The first-order valence-electron chi connectivity index (χ1n) is 10.2. The molecule has 5 nitrogen and oxygen atoms in total. The van der Waals surface area contributed by atoms with E-state index in [1.165, 1.54) is 10.9 Å². The molecule has 1 aromatic carbocycles. The number of benzene rings is 1. The molecule has 0 saturated heterocycles. The Labute approximate surface area is 163 Å². The molecule has 0 spiro atoms. The second-order valence-corrected chi connectivity index (χ2v) is 7.71. The largest absolute Gasteiger partial charge is 0.329 e. The molecule has 0 unspecified atom stereocenters. The summed E-state index contributed by atoms with van der Waals surface area (Å²) in [7, 11) is 0. The van der Waals surface area contributed by atoms with Crippen molar-refractivity contribution in [2.75, 3.05) is 0 Å². The highest BCUT2D eigenvalue weighted by atomic mass is 16.1. The van der Waals surface area contributed by atoms with E-state index in [-0.39, 0.29) is 5.69 Å². The van der Waals surface area contributed by atoms with E-state index in [9.17, 15) is 4.79 Å². The minimum Gasteiger partial charge on any atom is -0.289 e. The van der Waals surface area contributed by atoms with Crippen molar-refractivity contribution in [2.24, 2.45) is 0 Å². The van der Waals surface area contributed by atoms with E-state index in [0.717, 1.165) is 54.2 Å². The quantitative estimate of drug-likeness (QED) is 0.502. The lowest BCUT2D eigenvalue weighted by molar-refractivity contribution is 0.661. The Morgan fingerprint density at radius 2 is 1.96 bits per heavy atom. The van der Waals surface area contributed by atoms with Crippen LogP contribution in [0.2, 0.25) is 0 Å². The van der Waals surface area contributed by atoms with Gasteiger partial charge in [0.2, 0.25) is 0 Å². The highest BCUT2D eigenvalue weighted by Gasteiger charge is 2.29. The van der Waals surface area contributed by atoms with Gasteiger partial charge in [-0.15, -0.1) is 0 Å². The molecule has 1 fully saturated rings. The number of aromatic nitrogens is 4. The van der Waals surface area contributed by atoms with E-state index in [1.807, 2.05) is 33.7 Å². The van der Waals surface area contributed by atoms with E-state index in [1.54, 1.807) is 6.20 Å². The highest BCUT2D eigenvalue weighted by molar-refractivity contribution is 5.85. The molecule has 1 aliphatic rings.